The molecule has 0 radical (unpaired) electrons. The summed E-state index contributed by atoms with van der Waals surface area (Å²) in [4.78, 5) is 32.8. The second-order valence-corrected chi connectivity index (χ2v) is 10.4. The van der Waals surface area contributed by atoms with Crippen LogP contribution in [0.4, 0.5) is 0 Å². The Hall–Kier alpha value is -3.23. The van der Waals surface area contributed by atoms with Gasteiger partial charge in [-0.05, 0) is 51.3 Å². The summed E-state index contributed by atoms with van der Waals surface area (Å²) in [5, 5.41) is 3.05. The van der Waals surface area contributed by atoms with E-state index in [0.717, 1.165) is 21.3 Å². The van der Waals surface area contributed by atoms with E-state index in [-0.39, 0.29) is 12.2 Å². The maximum atomic E-state index is 13.7. The van der Waals surface area contributed by atoms with Crippen LogP contribution in [0.1, 0.15) is 50.2 Å². The number of thiophene rings is 1. The van der Waals surface area contributed by atoms with Crippen molar-refractivity contribution in [1.82, 2.24) is 9.13 Å². The van der Waals surface area contributed by atoms with E-state index in [1.807, 2.05) is 35.7 Å². The highest BCUT2D eigenvalue weighted by atomic mass is 32.1. The second kappa shape index (κ2) is 8.85. The third-order valence-electron chi connectivity index (χ3n) is 5.94. The number of thiazole rings is 1. The number of aromatic nitrogens is 2. The maximum Gasteiger partial charge on any atom is 0.338 e. The smallest absolute Gasteiger partial charge is 0.338 e. The van der Waals surface area contributed by atoms with E-state index >= 15 is 0 Å². The summed E-state index contributed by atoms with van der Waals surface area (Å²) in [5.41, 5.74) is 2.97. The zero-order chi connectivity index (χ0) is 24.0. The Bertz CT molecular complexity index is 1600. The lowest BCUT2D eigenvalue weighted by molar-refractivity contribution is -0.139. The van der Waals surface area contributed by atoms with Crippen LogP contribution in [-0.2, 0) is 9.53 Å². The predicted molar refractivity (Wildman–Crippen MR) is 137 cm³/mol. The Labute approximate surface area is 204 Å². The number of hydrogen-bond donors (Lipinski definition) is 0. The molecular formula is C26H25N3O3S2. The number of hydrogen-bond acceptors (Lipinski definition) is 6. The number of para-hydroxylation sites is 1. The molecule has 0 amide bonds. The molecule has 0 saturated carbocycles. The summed E-state index contributed by atoms with van der Waals surface area (Å²) in [6.07, 6.45) is 4.04. The number of rotatable bonds is 5. The van der Waals surface area contributed by atoms with Crippen LogP contribution in [-0.4, -0.2) is 21.7 Å². The molecule has 4 heterocycles. The highest BCUT2D eigenvalue weighted by Crippen LogP contribution is 2.33. The van der Waals surface area contributed by atoms with Crippen molar-refractivity contribution in [2.75, 3.05) is 6.61 Å². The van der Waals surface area contributed by atoms with E-state index in [1.165, 1.54) is 22.7 Å². The molecule has 174 valence electrons. The van der Waals surface area contributed by atoms with Gasteiger partial charge in [-0.2, -0.15) is 0 Å². The Balaban J connectivity index is 1.74. The first-order valence-corrected chi connectivity index (χ1v) is 12.9. The van der Waals surface area contributed by atoms with Gasteiger partial charge in [0.15, 0.2) is 4.80 Å². The summed E-state index contributed by atoms with van der Waals surface area (Å²) in [5.74, 6) is -0.434. The summed E-state index contributed by atoms with van der Waals surface area (Å²) in [6.45, 7) is 8.13. The molecule has 8 heteroatoms. The number of benzene rings is 1. The van der Waals surface area contributed by atoms with E-state index in [0.29, 0.717) is 26.6 Å². The minimum absolute atomic E-state index is 0.155. The van der Waals surface area contributed by atoms with E-state index < -0.39 is 12.0 Å². The first kappa shape index (κ1) is 22.6. The molecule has 3 aromatic heterocycles. The minimum Gasteiger partial charge on any atom is -0.463 e. The molecule has 34 heavy (non-hydrogen) atoms. The van der Waals surface area contributed by atoms with Crippen molar-refractivity contribution in [2.24, 2.45) is 4.99 Å². The van der Waals surface area contributed by atoms with Gasteiger partial charge in [-0.1, -0.05) is 35.6 Å². The van der Waals surface area contributed by atoms with Crippen LogP contribution in [0.3, 0.4) is 0 Å². The fraction of sp³-hybridized carbons (Fsp3) is 0.269. The molecule has 0 saturated heterocycles. The van der Waals surface area contributed by atoms with Crippen molar-refractivity contribution in [3.05, 3.63) is 89.4 Å². The molecule has 0 unspecified atom stereocenters. The molecule has 4 aromatic rings. The van der Waals surface area contributed by atoms with Gasteiger partial charge in [-0.3, -0.25) is 9.36 Å². The van der Waals surface area contributed by atoms with Crippen LogP contribution >= 0.6 is 22.7 Å². The topological polar surface area (TPSA) is 65.6 Å². The van der Waals surface area contributed by atoms with E-state index in [4.69, 9.17) is 4.74 Å². The van der Waals surface area contributed by atoms with Gasteiger partial charge in [-0.15, -0.1) is 11.3 Å². The van der Waals surface area contributed by atoms with Crippen LogP contribution in [0.25, 0.3) is 17.0 Å². The SMILES string of the molecule is CCOC(=O)C1=C(C)N=c2s/c(=C\c3cn(C(C)C)c4ccccc34)c(=O)n2[C@@H]1c1cccs1. The van der Waals surface area contributed by atoms with Crippen molar-refractivity contribution >= 4 is 45.6 Å². The highest BCUT2D eigenvalue weighted by Gasteiger charge is 2.33. The minimum atomic E-state index is -0.547. The lowest BCUT2D eigenvalue weighted by Crippen LogP contribution is -2.39. The second-order valence-electron chi connectivity index (χ2n) is 8.42. The van der Waals surface area contributed by atoms with Gasteiger partial charge in [0, 0.05) is 33.6 Å². The molecule has 0 spiro atoms. The molecule has 1 aliphatic heterocycles. The summed E-state index contributed by atoms with van der Waals surface area (Å²) >= 11 is 2.86. The summed E-state index contributed by atoms with van der Waals surface area (Å²) in [7, 11) is 0. The van der Waals surface area contributed by atoms with Crippen LogP contribution in [0.2, 0.25) is 0 Å². The van der Waals surface area contributed by atoms with Crippen LogP contribution < -0.4 is 14.9 Å². The molecule has 1 atom stereocenters. The number of carbonyl (C=O) groups excluding carboxylic acids is 1. The highest BCUT2D eigenvalue weighted by molar-refractivity contribution is 7.10. The quantitative estimate of drug-likeness (QED) is 0.389. The van der Waals surface area contributed by atoms with Gasteiger partial charge in [0.05, 0.1) is 22.4 Å². The molecule has 1 aromatic carbocycles. The fourth-order valence-corrected chi connectivity index (χ4v) is 6.28. The molecular weight excluding hydrogens is 466 g/mol. The Morgan fingerprint density at radius 2 is 2.03 bits per heavy atom. The zero-order valence-corrected chi connectivity index (χ0v) is 21.1. The molecule has 5 rings (SSSR count). The third-order valence-corrected chi connectivity index (χ3v) is 7.85. The Morgan fingerprint density at radius 1 is 1.24 bits per heavy atom. The number of fused-ring (bicyclic) bond motifs is 2. The molecule has 6 nitrogen and oxygen atoms in total. The standard InChI is InChI=1S/C26H25N3O3S2/c1-5-32-25(31)22-16(4)27-26-29(23(22)20-11-8-12-33-20)24(30)21(34-26)13-17-14-28(15(2)3)19-10-7-6-9-18(17)19/h6-15,23H,5H2,1-4H3/b21-13-/t23-/m1/s1. The number of ether oxygens (including phenoxy) is 1. The van der Waals surface area contributed by atoms with Gasteiger partial charge in [0.2, 0.25) is 0 Å². The zero-order valence-electron chi connectivity index (χ0n) is 19.4. The number of carbonyl (C=O) groups is 1. The monoisotopic (exact) mass is 491 g/mol. The molecule has 0 bridgehead atoms. The molecule has 0 N–H and O–H groups in total. The van der Waals surface area contributed by atoms with Crippen LogP contribution in [0.5, 0.6) is 0 Å². The molecule has 0 aliphatic carbocycles. The lowest BCUT2D eigenvalue weighted by atomic mass is 10.0. The van der Waals surface area contributed by atoms with Crippen molar-refractivity contribution in [3.8, 4) is 0 Å². The van der Waals surface area contributed by atoms with Gasteiger partial charge in [0.1, 0.15) is 6.04 Å². The van der Waals surface area contributed by atoms with Gasteiger partial charge in [0.25, 0.3) is 5.56 Å². The first-order valence-electron chi connectivity index (χ1n) is 11.2. The van der Waals surface area contributed by atoms with Crippen molar-refractivity contribution in [2.45, 2.75) is 39.8 Å². The first-order chi connectivity index (χ1) is 16.4. The van der Waals surface area contributed by atoms with Crippen molar-refractivity contribution in [3.63, 3.8) is 0 Å². The number of esters is 1. The van der Waals surface area contributed by atoms with Gasteiger partial charge >= 0.3 is 5.97 Å². The van der Waals surface area contributed by atoms with Crippen LogP contribution in [0, 0.1) is 0 Å². The molecule has 0 fully saturated rings. The molecule has 1 aliphatic rings. The number of nitrogens with zero attached hydrogens (tertiary/aromatic N) is 3. The summed E-state index contributed by atoms with van der Waals surface area (Å²) < 4.78 is 9.78. The lowest BCUT2D eigenvalue weighted by Gasteiger charge is -2.23. The average molecular weight is 492 g/mol. The van der Waals surface area contributed by atoms with E-state index in [2.05, 4.69) is 41.7 Å². The van der Waals surface area contributed by atoms with Crippen molar-refractivity contribution in [1.29, 1.82) is 0 Å². The average Bonchev–Trinajstić information content (AvgIpc) is 3.53. The van der Waals surface area contributed by atoms with Crippen molar-refractivity contribution < 1.29 is 9.53 Å². The summed E-state index contributed by atoms with van der Waals surface area (Å²) in [6, 6.07) is 11.8. The van der Waals surface area contributed by atoms with E-state index in [9.17, 15) is 9.59 Å². The maximum absolute atomic E-state index is 13.7. The number of allylic oxidation sites excluding steroid dienone is 1. The predicted octanol–water partition coefficient (Wildman–Crippen LogP) is 4.40. The Kier molecular flexibility index (Phi) is 5.87. The third kappa shape index (κ3) is 3.67. The fourth-order valence-electron chi connectivity index (χ4n) is 4.42. The largest absolute Gasteiger partial charge is 0.463 e. The normalized spacial score (nSPS) is 16.3. The van der Waals surface area contributed by atoms with Gasteiger partial charge in [-0.25, -0.2) is 9.79 Å². The van der Waals surface area contributed by atoms with E-state index in [1.54, 1.807) is 18.4 Å². The van der Waals surface area contributed by atoms with Gasteiger partial charge < -0.3 is 9.30 Å². The Morgan fingerprint density at radius 3 is 2.74 bits per heavy atom. The van der Waals surface area contributed by atoms with Crippen LogP contribution in [0.15, 0.2) is 69.0 Å².